The Labute approximate surface area is 134 Å². The van der Waals surface area contributed by atoms with Crippen LogP contribution in [0.25, 0.3) is 33.2 Å². The lowest BCUT2D eigenvalue weighted by molar-refractivity contribution is 0.101. The van der Waals surface area contributed by atoms with E-state index in [9.17, 15) is 4.79 Å². The highest BCUT2D eigenvalue weighted by atomic mass is 16.1. The minimum absolute atomic E-state index is 0.0991. The van der Waals surface area contributed by atoms with Gasteiger partial charge in [-0.1, -0.05) is 36.4 Å². The Balaban J connectivity index is 2.16. The van der Waals surface area contributed by atoms with Crippen LogP contribution in [0.15, 0.2) is 54.6 Å². The van der Waals surface area contributed by atoms with Gasteiger partial charge in [-0.3, -0.25) is 4.79 Å². The van der Waals surface area contributed by atoms with Crippen molar-refractivity contribution in [3.63, 3.8) is 0 Å². The summed E-state index contributed by atoms with van der Waals surface area (Å²) in [6.45, 7) is 1.65. The molecule has 0 aliphatic heterocycles. The number of Topliss-reactive ketones (excluding diaryl/α,β-unsaturated/α-hetero) is 1. The van der Waals surface area contributed by atoms with Gasteiger partial charge in [0.25, 0.3) is 0 Å². The van der Waals surface area contributed by atoms with Crippen LogP contribution in [-0.2, 0) is 14.1 Å². The van der Waals surface area contributed by atoms with Gasteiger partial charge in [-0.25, -0.2) is 0 Å². The lowest BCUT2D eigenvalue weighted by Crippen LogP contribution is -2.02. The Kier molecular flexibility index (Phi) is 2.91. The minimum Gasteiger partial charge on any atom is -0.342 e. The monoisotopic (exact) mass is 302 g/mol. The number of aryl methyl sites for hydroxylation is 2. The number of para-hydroxylation sites is 2. The van der Waals surface area contributed by atoms with Crippen molar-refractivity contribution in [3.05, 3.63) is 60.2 Å². The first-order valence-electron chi connectivity index (χ1n) is 7.73. The lowest BCUT2D eigenvalue weighted by atomic mass is 10.1. The molecule has 3 nitrogen and oxygen atoms in total. The summed E-state index contributed by atoms with van der Waals surface area (Å²) in [5.74, 6) is 0.0991. The Morgan fingerprint density at radius 3 is 2.22 bits per heavy atom. The first kappa shape index (κ1) is 13.8. The number of ketones is 1. The molecule has 0 saturated carbocycles. The SMILES string of the molecule is CC(=O)c1c(-c2cc3ccccc3n2C)n(C)c2ccccc12. The summed E-state index contributed by atoms with van der Waals surface area (Å²) < 4.78 is 4.29. The highest BCUT2D eigenvalue weighted by molar-refractivity contribution is 6.13. The van der Waals surface area contributed by atoms with Crippen LogP contribution in [0.3, 0.4) is 0 Å². The zero-order valence-electron chi connectivity index (χ0n) is 13.5. The summed E-state index contributed by atoms with van der Waals surface area (Å²) in [7, 11) is 4.08. The number of rotatable bonds is 2. The second kappa shape index (κ2) is 4.85. The van der Waals surface area contributed by atoms with Gasteiger partial charge in [0.15, 0.2) is 5.78 Å². The summed E-state index contributed by atoms with van der Waals surface area (Å²) in [6.07, 6.45) is 0. The van der Waals surface area contributed by atoms with Crippen molar-refractivity contribution < 1.29 is 4.79 Å². The van der Waals surface area contributed by atoms with Gasteiger partial charge in [-0.2, -0.15) is 0 Å². The molecule has 0 amide bonds. The fraction of sp³-hybridized carbons (Fsp3) is 0.150. The third kappa shape index (κ3) is 1.86. The Bertz CT molecular complexity index is 1070. The van der Waals surface area contributed by atoms with E-state index in [0.717, 1.165) is 27.9 Å². The van der Waals surface area contributed by atoms with Crippen LogP contribution in [0, 0.1) is 0 Å². The number of carbonyl (C=O) groups is 1. The molecule has 0 radical (unpaired) electrons. The molecule has 2 aromatic carbocycles. The molecule has 0 bridgehead atoms. The van der Waals surface area contributed by atoms with Crippen molar-refractivity contribution in [1.82, 2.24) is 9.13 Å². The predicted octanol–water partition coefficient (Wildman–Crippen LogP) is 4.54. The van der Waals surface area contributed by atoms with Crippen LogP contribution in [0.4, 0.5) is 0 Å². The molecular formula is C20H18N2O. The smallest absolute Gasteiger partial charge is 0.162 e. The number of fused-ring (bicyclic) bond motifs is 2. The van der Waals surface area contributed by atoms with Crippen LogP contribution in [0.1, 0.15) is 17.3 Å². The van der Waals surface area contributed by atoms with Crippen LogP contribution in [0.2, 0.25) is 0 Å². The highest BCUT2D eigenvalue weighted by Gasteiger charge is 2.22. The first-order chi connectivity index (χ1) is 11.1. The maximum absolute atomic E-state index is 12.4. The molecule has 23 heavy (non-hydrogen) atoms. The number of aromatic nitrogens is 2. The van der Waals surface area contributed by atoms with Gasteiger partial charge in [0, 0.05) is 35.9 Å². The molecule has 0 saturated heterocycles. The lowest BCUT2D eigenvalue weighted by Gasteiger charge is -2.08. The molecule has 0 atom stereocenters. The number of hydrogen-bond donors (Lipinski definition) is 0. The highest BCUT2D eigenvalue weighted by Crippen LogP contribution is 2.35. The van der Waals surface area contributed by atoms with Crippen molar-refractivity contribution in [2.75, 3.05) is 0 Å². The molecule has 114 valence electrons. The molecule has 0 N–H and O–H groups in total. The van der Waals surface area contributed by atoms with E-state index in [0.29, 0.717) is 0 Å². The molecule has 0 unspecified atom stereocenters. The second-order valence-electron chi connectivity index (χ2n) is 6.00. The average Bonchev–Trinajstić information content (AvgIpc) is 3.03. The number of carbonyl (C=O) groups excluding carboxylic acids is 1. The third-order valence-electron chi connectivity index (χ3n) is 4.65. The quantitative estimate of drug-likeness (QED) is 0.499. The molecule has 2 aromatic heterocycles. The van der Waals surface area contributed by atoms with E-state index in [1.54, 1.807) is 6.92 Å². The Morgan fingerprint density at radius 2 is 1.52 bits per heavy atom. The van der Waals surface area contributed by atoms with Crippen LogP contribution in [-0.4, -0.2) is 14.9 Å². The largest absolute Gasteiger partial charge is 0.342 e. The van der Waals surface area contributed by atoms with Crippen molar-refractivity contribution >= 4 is 27.6 Å². The van der Waals surface area contributed by atoms with E-state index in [1.165, 1.54) is 10.9 Å². The number of nitrogens with zero attached hydrogens (tertiary/aromatic N) is 2. The van der Waals surface area contributed by atoms with Gasteiger partial charge < -0.3 is 9.13 Å². The van der Waals surface area contributed by atoms with E-state index in [-0.39, 0.29) is 5.78 Å². The summed E-state index contributed by atoms with van der Waals surface area (Å²) in [4.78, 5) is 12.4. The molecule has 2 heterocycles. The topological polar surface area (TPSA) is 26.9 Å². The van der Waals surface area contributed by atoms with Gasteiger partial charge in [0.05, 0.1) is 17.0 Å². The zero-order valence-corrected chi connectivity index (χ0v) is 13.5. The van der Waals surface area contributed by atoms with Gasteiger partial charge in [0.1, 0.15) is 0 Å². The molecule has 3 heteroatoms. The van der Waals surface area contributed by atoms with Crippen molar-refractivity contribution in [2.24, 2.45) is 14.1 Å². The molecular weight excluding hydrogens is 284 g/mol. The Morgan fingerprint density at radius 1 is 0.870 bits per heavy atom. The summed E-state index contributed by atoms with van der Waals surface area (Å²) in [6, 6.07) is 18.5. The van der Waals surface area contributed by atoms with Gasteiger partial charge in [-0.15, -0.1) is 0 Å². The molecule has 0 spiro atoms. The van der Waals surface area contributed by atoms with Gasteiger partial charge in [0.2, 0.25) is 0 Å². The Hall–Kier alpha value is -2.81. The van der Waals surface area contributed by atoms with Crippen molar-refractivity contribution in [2.45, 2.75) is 6.92 Å². The van der Waals surface area contributed by atoms with E-state index in [4.69, 9.17) is 0 Å². The maximum Gasteiger partial charge on any atom is 0.162 e. The van der Waals surface area contributed by atoms with Crippen molar-refractivity contribution in [1.29, 1.82) is 0 Å². The summed E-state index contributed by atoms with van der Waals surface area (Å²) in [5.41, 5.74) is 5.10. The van der Waals surface area contributed by atoms with E-state index in [1.807, 2.05) is 37.4 Å². The van der Waals surface area contributed by atoms with Crippen molar-refractivity contribution in [3.8, 4) is 11.4 Å². The fourth-order valence-corrected chi connectivity index (χ4v) is 3.57. The summed E-state index contributed by atoms with van der Waals surface area (Å²) in [5, 5.41) is 2.20. The van der Waals surface area contributed by atoms with Crippen LogP contribution in [0.5, 0.6) is 0 Å². The fourth-order valence-electron chi connectivity index (χ4n) is 3.57. The normalized spacial score (nSPS) is 11.4. The number of hydrogen-bond acceptors (Lipinski definition) is 1. The van der Waals surface area contributed by atoms with Crippen LogP contribution < -0.4 is 0 Å². The molecule has 4 rings (SSSR count). The molecule has 0 aliphatic rings. The van der Waals surface area contributed by atoms with Crippen LogP contribution >= 0.6 is 0 Å². The van der Waals surface area contributed by atoms with E-state index >= 15 is 0 Å². The van der Waals surface area contributed by atoms with E-state index in [2.05, 4.69) is 40.4 Å². The van der Waals surface area contributed by atoms with E-state index < -0.39 is 0 Å². The molecule has 0 fully saturated rings. The zero-order chi connectivity index (χ0) is 16.1. The van der Waals surface area contributed by atoms with Gasteiger partial charge >= 0.3 is 0 Å². The average molecular weight is 302 g/mol. The molecule has 0 aliphatic carbocycles. The minimum atomic E-state index is 0.0991. The summed E-state index contributed by atoms with van der Waals surface area (Å²) >= 11 is 0. The van der Waals surface area contributed by atoms with Gasteiger partial charge in [-0.05, 0) is 25.1 Å². The standard InChI is InChI=1S/C20H18N2O/c1-13(23)19-15-9-5-7-11-17(15)22(3)20(19)18-12-14-8-4-6-10-16(14)21(18)2/h4-12H,1-3H3. The second-order valence-corrected chi connectivity index (χ2v) is 6.00. The predicted molar refractivity (Wildman–Crippen MR) is 94.8 cm³/mol. The molecule has 4 aromatic rings. The first-order valence-corrected chi connectivity index (χ1v) is 7.73. The third-order valence-corrected chi connectivity index (χ3v) is 4.65. The maximum atomic E-state index is 12.4. The number of benzene rings is 2.